The molecule has 0 radical (unpaired) electrons. The standard InChI is InChI=1S/C13H19N3O/c1-3-10-5-4-7-14-12(10)9-15-11-6-8-16(2)13(11)17/h4-5,7,11,15H,3,6,8-9H2,1-2H3. The van der Waals surface area contributed by atoms with Gasteiger partial charge in [0.1, 0.15) is 0 Å². The van der Waals surface area contributed by atoms with Gasteiger partial charge >= 0.3 is 0 Å². The summed E-state index contributed by atoms with van der Waals surface area (Å²) in [6.07, 6.45) is 3.67. The maximum absolute atomic E-state index is 11.7. The van der Waals surface area contributed by atoms with Crippen LogP contribution < -0.4 is 5.32 Å². The molecule has 92 valence electrons. The molecule has 1 unspecified atom stereocenters. The first kappa shape index (κ1) is 12.0. The summed E-state index contributed by atoms with van der Waals surface area (Å²) in [6.45, 7) is 3.64. The number of likely N-dealkylation sites (tertiary alicyclic amines) is 1. The Kier molecular flexibility index (Phi) is 3.74. The molecule has 1 saturated heterocycles. The van der Waals surface area contributed by atoms with Gasteiger partial charge in [0.2, 0.25) is 5.91 Å². The van der Waals surface area contributed by atoms with Crippen LogP contribution in [0, 0.1) is 0 Å². The zero-order valence-electron chi connectivity index (χ0n) is 10.4. The van der Waals surface area contributed by atoms with Crippen LogP contribution >= 0.6 is 0 Å². The van der Waals surface area contributed by atoms with Crippen LogP contribution in [0.1, 0.15) is 24.6 Å². The van der Waals surface area contributed by atoms with Crippen LogP contribution in [0.25, 0.3) is 0 Å². The molecule has 0 aliphatic carbocycles. The first-order valence-corrected chi connectivity index (χ1v) is 6.13. The van der Waals surface area contributed by atoms with Crippen LogP contribution in [0.4, 0.5) is 0 Å². The molecule has 1 aromatic rings. The molecule has 1 aromatic heterocycles. The Hall–Kier alpha value is -1.42. The van der Waals surface area contributed by atoms with Gasteiger partial charge in [-0.05, 0) is 24.5 Å². The number of pyridine rings is 1. The highest BCUT2D eigenvalue weighted by Gasteiger charge is 2.28. The lowest BCUT2D eigenvalue weighted by molar-refractivity contribution is -0.128. The van der Waals surface area contributed by atoms with Gasteiger partial charge in [-0.15, -0.1) is 0 Å². The Balaban J connectivity index is 1.96. The predicted molar refractivity (Wildman–Crippen MR) is 66.5 cm³/mol. The molecular formula is C13H19N3O. The molecule has 1 amide bonds. The van der Waals surface area contributed by atoms with Gasteiger partial charge in [0.15, 0.2) is 0 Å². The molecular weight excluding hydrogens is 214 g/mol. The van der Waals surface area contributed by atoms with E-state index in [-0.39, 0.29) is 11.9 Å². The van der Waals surface area contributed by atoms with Crippen molar-refractivity contribution < 1.29 is 4.79 Å². The number of likely N-dealkylation sites (N-methyl/N-ethyl adjacent to an activating group) is 1. The van der Waals surface area contributed by atoms with Crippen LogP contribution in [0.2, 0.25) is 0 Å². The van der Waals surface area contributed by atoms with Gasteiger partial charge in [-0.25, -0.2) is 0 Å². The van der Waals surface area contributed by atoms with Crippen LogP contribution in [0.15, 0.2) is 18.3 Å². The van der Waals surface area contributed by atoms with Gasteiger partial charge in [0, 0.05) is 26.3 Å². The molecule has 0 spiro atoms. The molecule has 0 aromatic carbocycles. The lowest BCUT2D eigenvalue weighted by Gasteiger charge is -2.13. The first-order valence-electron chi connectivity index (χ1n) is 6.13. The second kappa shape index (κ2) is 5.27. The summed E-state index contributed by atoms with van der Waals surface area (Å²) in [5.74, 6) is 0.193. The second-order valence-corrected chi connectivity index (χ2v) is 4.44. The Labute approximate surface area is 102 Å². The van der Waals surface area contributed by atoms with Gasteiger partial charge in [-0.1, -0.05) is 13.0 Å². The largest absolute Gasteiger partial charge is 0.344 e. The number of aromatic nitrogens is 1. The summed E-state index contributed by atoms with van der Waals surface area (Å²) in [6, 6.07) is 4.01. The van der Waals surface area contributed by atoms with Crippen LogP contribution in [0.5, 0.6) is 0 Å². The van der Waals surface area contributed by atoms with Crippen LogP contribution in [-0.2, 0) is 17.8 Å². The fourth-order valence-corrected chi connectivity index (χ4v) is 2.18. The summed E-state index contributed by atoms with van der Waals surface area (Å²) >= 11 is 0. The molecule has 1 aliphatic heterocycles. The average Bonchev–Trinajstić information content (AvgIpc) is 2.68. The van der Waals surface area contributed by atoms with E-state index in [0.717, 1.165) is 25.1 Å². The van der Waals surface area contributed by atoms with Crippen molar-refractivity contribution >= 4 is 5.91 Å². The van der Waals surface area contributed by atoms with E-state index < -0.39 is 0 Å². The lowest BCUT2D eigenvalue weighted by Crippen LogP contribution is -2.36. The van der Waals surface area contributed by atoms with Gasteiger partial charge in [-0.3, -0.25) is 9.78 Å². The van der Waals surface area contributed by atoms with E-state index in [0.29, 0.717) is 6.54 Å². The van der Waals surface area contributed by atoms with E-state index in [1.54, 1.807) is 11.1 Å². The van der Waals surface area contributed by atoms with E-state index in [4.69, 9.17) is 0 Å². The number of hydrogen-bond acceptors (Lipinski definition) is 3. The second-order valence-electron chi connectivity index (χ2n) is 4.44. The average molecular weight is 233 g/mol. The van der Waals surface area contributed by atoms with Gasteiger partial charge < -0.3 is 10.2 Å². The summed E-state index contributed by atoms with van der Waals surface area (Å²) in [7, 11) is 1.85. The van der Waals surface area contributed by atoms with Crippen molar-refractivity contribution in [3.8, 4) is 0 Å². The molecule has 0 saturated carbocycles. The number of aryl methyl sites for hydroxylation is 1. The first-order chi connectivity index (χ1) is 8.22. The highest BCUT2D eigenvalue weighted by molar-refractivity contribution is 5.83. The van der Waals surface area contributed by atoms with Crippen molar-refractivity contribution in [2.75, 3.05) is 13.6 Å². The monoisotopic (exact) mass is 233 g/mol. The lowest BCUT2D eigenvalue weighted by atomic mass is 10.1. The van der Waals surface area contributed by atoms with E-state index >= 15 is 0 Å². The highest BCUT2D eigenvalue weighted by atomic mass is 16.2. The van der Waals surface area contributed by atoms with Crippen molar-refractivity contribution in [1.82, 2.24) is 15.2 Å². The molecule has 1 fully saturated rings. The van der Waals surface area contributed by atoms with E-state index in [9.17, 15) is 4.79 Å². The van der Waals surface area contributed by atoms with Crippen molar-refractivity contribution in [1.29, 1.82) is 0 Å². The van der Waals surface area contributed by atoms with E-state index in [1.807, 2.05) is 13.1 Å². The normalized spacial score (nSPS) is 20.0. The molecule has 2 heterocycles. The number of nitrogens with zero attached hydrogens (tertiary/aromatic N) is 2. The molecule has 1 aliphatic rings. The van der Waals surface area contributed by atoms with Gasteiger partial charge in [0.05, 0.1) is 11.7 Å². The fraction of sp³-hybridized carbons (Fsp3) is 0.538. The minimum absolute atomic E-state index is 0.0355. The minimum atomic E-state index is -0.0355. The number of carbonyl (C=O) groups is 1. The van der Waals surface area contributed by atoms with Crippen LogP contribution in [-0.4, -0.2) is 35.4 Å². The third-order valence-corrected chi connectivity index (χ3v) is 3.31. The van der Waals surface area contributed by atoms with Crippen molar-refractivity contribution in [2.45, 2.75) is 32.4 Å². The Morgan fingerprint density at radius 3 is 3.06 bits per heavy atom. The van der Waals surface area contributed by atoms with Crippen LogP contribution in [0.3, 0.4) is 0 Å². The fourth-order valence-electron chi connectivity index (χ4n) is 2.18. The van der Waals surface area contributed by atoms with E-state index in [2.05, 4.69) is 23.3 Å². The number of rotatable bonds is 4. The maximum atomic E-state index is 11.7. The maximum Gasteiger partial charge on any atom is 0.239 e. The van der Waals surface area contributed by atoms with Crippen molar-refractivity contribution in [3.05, 3.63) is 29.6 Å². The molecule has 0 bridgehead atoms. The number of hydrogen-bond donors (Lipinski definition) is 1. The van der Waals surface area contributed by atoms with E-state index in [1.165, 1.54) is 5.56 Å². The molecule has 17 heavy (non-hydrogen) atoms. The number of amides is 1. The predicted octanol–water partition coefficient (Wildman–Crippen LogP) is 0.964. The van der Waals surface area contributed by atoms with Gasteiger partial charge in [0.25, 0.3) is 0 Å². The third-order valence-electron chi connectivity index (χ3n) is 3.31. The Morgan fingerprint density at radius 1 is 1.59 bits per heavy atom. The Morgan fingerprint density at radius 2 is 2.41 bits per heavy atom. The Bertz CT molecular complexity index is 405. The van der Waals surface area contributed by atoms with Crippen molar-refractivity contribution in [2.24, 2.45) is 0 Å². The molecule has 4 heteroatoms. The topological polar surface area (TPSA) is 45.2 Å². The highest BCUT2D eigenvalue weighted by Crippen LogP contribution is 2.11. The third kappa shape index (κ3) is 2.64. The minimum Gasteiger partial charge on any atom is -0.344 e. The quantitative estimate of drug-likeness (QED) is 0.842. The zero-order chi connectivity index (χ0) is 12.3. The summed E-state index contributed by atoms with van der Waals surface area (Å²) < 4.78 is 0. The van der Waals surface area contributed by atoms with Crippen molar-refractivity contribution in [3.63, 3.8) is 0 Å². The summed E-state index contributed by atoms with van der Waals surface area (Å²) in [5.41, 5.74) is 2.30. The molecule has 4 nitrogen and oxygen atoms in total. The SMILES string of the molecule is CCc1cccnc1CNC1CCN(C)C1=O. The smallest absolute Gasteiger partial charge is 0.239 e. The summed E-state index contributed by atoms with van der Waals surface area (Å²) in [5, 5.41) is 3.30. The number of carbonyl (C=O) groups excluding carboxylic acids is 1. The summed E-state index contributed by atoms with van der Waals surface area (Å²) in [4.78, 5) is 17.9. The molecule has 1 atom stereocenters. The molecule has 2 rings (SSSR count). The van der Waals surface area contributed by atoms with Gasteiger partial charge in [-0.2, -0.15) is 0 Å². The number of nitrogens with one attached hydrogen (secondary N) is 1. The molecule has 1 N–H and O–H groups in total. The zero-order valence-corrected chi connectivity index (χ0v) is 10.4.